The molecule has 0 unspecified atom stereocenters. The van der Waals surface area contributed by atoms with Crippen LogP contribution in [0.3, 0.4) is 0 Å². The summed E-state index contributed by atoms with van der Waals surface area (Å²) in [7, 11) is 1.64. The van der Waals surface area contributed by atoms with Crippen molar-refractivity contribution >= 4 is 5.91 Å². The van der Waals surface area contributed by atoms with E-state index in [9.17, 15) is 4.79 Å². The average Bonchev–Trinajstić information content (AvgIpc) is 2.25. The summed E-state index contributed by atoms with van der Waals surface area (Å²) in [4.78, 5) is 10.9. The summed E-state index contributed by atoms with van der Waals surface area (Å²) in [6.07, 6.45) is 0.316. The lowest BCUT2D eigenvalue weighted by atomic mass is 10.00. The third-order valence-electron chi connectivity index (χ3n) is 2.52. The highest BCUT2D eigenvalue weighted by Gasteiger charge is 2.19. The predicted molar refractivity (Wildman–Crippen MR) is 67.7 cm³/mol. The maximum absolute atomic E-state index is 10.9. The number of primary amides is 1. The summed E-state index contributed by atoms with van der Waals surface area (Å²) in [5.74, 6) is 0.533. The molecule has 0 fully saturated rings. The molecule has 0 spiro atoms. The Morgan fingerprint density at radius 2 is 2.18 bits per heavy atom. The van der Waals surface area contributed by atoms with Crippen LogP contribution in [0.4, 0.5) is 0 Å². The smallest absolute Gasteiger partial charge is 0.219 e. The maximum Gasteiger partial charge on any atom is 0.219 e. The number of carbonyl (C=O) groups excluding carboxylic acids is 1. The lowest BCUT2D eigenvalue weighted by Gasteiger charge is -2.25. The molecular formula is C13H20N2O2. The van der Waals surface area contributed by atoms with Crippen LogP contribution in [0.5, 0.6) is 5.75 Å². The van der Waals surface area contributed by atoms with Crippen LogP contribution < -0.4 is 15.8 Å². The summed E-state index contributed by atoms with van der Waals surface area (Å²) in [5.41, 5.74) is 6.01. The Morgan fingerprint density at radius 3 is 2.76 bits per heavy atom. The van der Waals surface area contributed by atoms with Crippen molar-refractivity contribution in [3.8, 4) is 5.75 Å². The highest BCUT2D eigenvalue weighted by Crippen LogP contribution is 2.14. The molecule has 3 N–H and O–H groups in total. The van der Waals surface area contributed by atoms with Gasteiger partial charge in [-0.05, 0) is 31.5 Å². The summed E-state index contributed by atoms with van der Waals surface area (Å²) in [6.45, 7) is 4.59. The summed E-state index contributed by atoms with van der Waals surface area (Å²) < 4.78 is 5.15. The van der Waals surface area contributed by atoms with Crippen LogP contribution in [0, 0.1) is 0 Å². The first-order valence-corrected chi connectivity index (χ1v) is 5.59. The zero-order valence-corrected chi connectivity index (χ0v) is 10.6. The van der Waals surface area contributed by atoms with Gasteiger partial charge in [0.05, 0.1) is 7.11 Å². The Kier molecular flexibility index (Phi) is 4.52. The highest BCUT2D eigenvalue weighted by atomic mass is 16.5. The molecule has 0 saturated carbocycles. The van der Waals surface area contributed by atoms with Crippen molar-refractivity contribution in [2.45, 2.75) is 32.4 Å². The minimum absolute atomic E-state index is 0.297. The summed E-state index contributed by atoms with van der Waals surface area (Å²) in [5, 5.41) is 3.30. The van der Waals surface area contributed by atoms with E-state index in [0.717, 1.165) is 11.3 Å². The van der Waals surface area contributed by atoms with Gasteiger partial charge in [-0.3, -0.25) is 4.79 Å². The van der Waals surface area contributed by atoms with E-state index in [1.54, 1.807) is 7.11 Å². The molecule has 4 heteroatoms. The van der Waals surface area contributed by atoms with Gasteiger partial charge in [-0.1, -0.05) is 12.1 Å². The molecule has 17 heavy (non-hydrogen) atoms. The van der Waals surface area contributed by atoms with Gasteiger partial charge < -0.3 is 15.8 Å². The van der Waals surface area contributed by atoms with Crippen LogP contribution in [0.25, 0.3) is 0 Å². The molecule has 0 atom stereocenters. The number of hydrogen-bond donors (Lipinski definition) is 2. The van der Waals surface area contributed by atoms with E-state index < -0.39 is 0 Å². The molecule has 0 aliphatic carbocycles. The zero-order valence-electron chi connectivity index (χ0n) is 10.6. The summed E-state index contributed by atoms with van der Waals surface area (Å²) >= 11 is 0. The van der Waals surface area contributed by atoms with Gasteiger partial charge in [-0.25, -0.2) is 0 Å². The van der Waals surface area contributed by atoms with Crippen LogP contribution in [-0.4, -0.2) is 18.6 Å². The van der Waals surface area contributed by atoms with Crippen LogP contribution >= 0.6 is 0 Å². The molecule has 0 aliphatic heterocycles. The lowest BCUT2D eigenvalue weighted by molar-refractivity contribution is -0.119. The van der Waals surface area contributed by atoms with Crippen LogP contribution in [0.2, 0.25) is 0 Å². The van der Waals surface area contributed by atoms with E-state index in [-0.39, 0.29) is 11.4 Å². The molecule has 1 aromatic rings. The van der Waals surface area contributed by atoms with Crippen molar-refractivity contribution < 1.29 is 9.53 Å². The van der Waals surface area contributed by atoms with Gasteiger partial charge in [0.15, 0.2) is 0 Å². The van der Waals surface area contributed by atoms with Crippen LogP contribution in [0.1, 0.15) is 25.8 Å². The second-order valence-corrected chi connectivity index (χ2v) is 4.73. The van der Waals surface area contributed by atoms with E-state index in [1.807, 2.05) is 38.1 Å². The van der Waals surface area contributed by atoms with E-state index in [4.69, 9.17) is 10.5 Å². The van der Waals surface area contributed by atoms with Gasteiger partial charge in [-0.15, -0.1) is 0 Å². The molecule has 4 nitrogen and oxygen atoms in total. The molecular weight excluding hydrogens is 216 g/mol. The first kappa shape index (κ1) is 13.5. The average molecular weight is 236 g/mol. The van der Waals surface area contributed by atoms with Crippen molar-refractivity contribution in [2.24, 2.45) is 5.73 Å². The van der Waals surface area contributed by atoms with Crippen molar-refractivity contribution in [3.63, 3.8) is 0 Å². The second-order valence-electron chi connectivity index (χ2n) is 4.73. The quantitative estimate of drug-likeness (QED) is 0.785. The normalized spacial score (nSPS) is 11.2. The summed E-state index contributed by atoms with van der Waals surface area (Å²) in [6, 6.07) is 7.82. The molecule has 0 aromatic heterocycles. The molecule has 94 valence electrons. The topological polar surface area (TPSA) is 64.3 Å². The van der Waals surface area contributed by atoms with E-state index in [0.29, 0.717) is 13.0 Å². The monoisotopic (exact) mass is 236 g/mol. The van der Waals surface area contributed by atoms with E-state index >= 15 is 0 Å². The Balaban J connectivity index is 2.57. The van der Waals surface area contributed by atoms with Crippen molar-refractivity contribution in [3.05, 3.63) is 29.8 Å². The largest absolute Gasteiger partial charge is 0.497 e. The first-order chi connectivity index (χ1) is 7.93. The van der Waals surface area contributed by atoms with Gasteiger partial charge in [-0.2, -0.15) is 0 Å². The third kappa shape index (κ3) is 4.87. The number of hydrogen-bond acceptors (Lipinski definition) is 3. The van der Waals surface area contributed by atoms with Gasteiger partial charge in [0.1, 0.15) is 5.75 Å². The number of rotatable bonds is 6. The Bertz CT molecular complexity index is 389. The fraction of sp³-hybridized carbons (Fsp3) is 0.462. The number of methoxy groups -OCH3 is 1. The first-order valence-electron chi connectivity index (χ1n) is 5.59. The fourth-order valence-electron chi connectivity index (χ4n) is 1.62. The number of nitrogens with two attached hydrogens (primary N) is 1. The molecule has 0 bridgehead atoms. The van der Waals surface area contributed by atoms with Gasteiger partial charge in [0.25, 0.3) is 0 Å². The second kappa shape index (κ2) is 5.68. The molecule has 1 amide bonds. The number of amides is 1. The minimum atomic E-state index is -0.298. The Morgan fingerprint density at radius 1 is 1.47 bits per heavy atom. The van der Waals surface area contributed by atoms with Crippen molar-refractivity contribution in [2.75, 3.05) is 7.11 Å². The minimum Gasteiger partial charge on any atom is -0.497 e. The highest BCUT2D eigenvalue weighted by molar-refractivity contribution is 5.74. The van der Waals surface area contributed by atoms with E-state index in [1.165, 1.54) is 0 Å². The third-order valence-corrected chi connectivity index (χ3v) is 2.52. The molecule has 0 heterocycles. The molecule has 0 radical (unpaired) electrons. The molecule has 1 aromatic carbocycles. The Labute approximate surface area is 102 Å². The van der Waals surface area contributed by atoms with Crippen molar-refractivity contribution in [1.29, 1.82) is 0 Å². The predicted octanol–water partition coefficient (Wildman–Crippen LogP) is 1.44. The molecule has 0 aliphatic rings. The maximum atomic E-state index is 10.9. The zero-order chi connectivity index (χ0) is 12.9. The number of nitrogens with one attached hydrogen (secondary N) is 1. The molecule has 0 saturated heterocycles. The molecule has 1 rings (SSSR count). The number of benzene rings is 1. The Hall–Kier alpha value is -1.55. The standard InChI is InChI=1S/C13H20N2O2/c1-13(2,8-12(14)16)15-9-10-5-4-6-11(7-10)17-3/h4-7,15H,8-9H2,1-3H3,(H2,14,16). The fourth-order valence-corrected chi connectivity index (χ4v) is 1.62. The lowest BCUT2D eigenvalue weighted by Crippen LogP contribution is -2.42. The van der Waals surface area contributed by atoms with Crippen LogP contribution in [0.15, 0.2) is 24.3 Å². The van der Waals surface area contributed by atoms with Gasteiger partial charge in [0, 0.05) is 18.5 Å². The van der Waals surface area contributed by atoms with Gasteiger partial charge >= 0.3 is 0 Å². The van der Waals surface area contributed by atoms with E-state index in [2.05, 4.69) is 5.32 Å². The number of ether oxygens (including phenoxy) is 1. The van der Waals surface area contributed by atoms with Crippen LogP contribution in [-0.2, 0) is 11.3 Å². The number of carbonyl (C=O) groups is 1. The van der Waals surface area contributed by atoms with Gasteiger partial charge in [0.2, 0.25) is 5.91 Å². The van der Waals surface area contributed by atoms with Crippen molar-refractivity contribution in [1.82, 2.24) is 5.32 Å². The SMILES string of the molecule is COc1cccc(CNC(C)(C)CC(N)=O)c1.